The van der Waals surface area contributed by atoms with Gasteiger partial charge >= 0.3 is 6.09 Å². The normalized spacial score (nSPS) is 17.2. The van der Waals surface area contributed by atoms with Crippen molar-refractivity contribution in [3.63, 3.8) is 0 Å². The Hall–Kier alpha value is -1.36. The summed E-state index contributed by atoms with van der Waals surface area (Å²) < 4.78 is 19.7. The highest BCUT2D eigenvalue weighted by Gasteiger charge is 2.24. The molecule has 0 bridgehead atoms. The van der Waals surface area contributed by atoms with E-state index in [1.807, 2.05) is 20.8 Å². The molecule has 3 nitrogen and oxygen atoms in total. The predicted molar refractivity (Wildman–Crippen MR) is 97.5 cm³/mol. The second kappa shape index (κ2) is 8.15. The van der Waals surface area contributed by atoms with E-state index in [0.717, 1.165) is 42.3 Å². The number of allylic oxidation sites excluding steroid dienone is 1. The van der Waals surface area contributed by atoms with E-state index in [2.05, 4.69) is 22.0 Å². The Balaban J connectivity index is 1.91. The average Bonchev–Trinajstić information content (AvgIpc) is 2.49. The first kappa shape index (κ1) is 19.0. The van der Waals surface area contributed by atoms with Crippen LogP contribution in [-0.4, -0.2) is 29.7 Å². The largest absolute Gasteiger partial charge is 0.444 e. The lowest BCUT2D eigenvalue weighted by Crippen LogP contribution is -2.40. The molecule has 24 heavy (non-hydrogen) atoms. The number of aryl methyl sites for hydroxylation is 1. The van der Waals surface area contributed by atoms with Gasteiger partial charge in [-0.25, -0.2) is 9.18 Å². The zero-order valence-electron chi connectivity index (χ0n) is 14.6. The lowest BCUT2D eigenvalue weighted by atomic mass is 10.0. The summed E-state index contributed by atoms with van der Waals surface area (Å²) in [7, 11) is 0. The zero-order chi connectivity index (χ0) is 17.7. The maximum absolute atomic E-state index is 13.3. The monoisotopic (exact) mass is 397 g/mol. The van der Waals surface area contributed by atoms with Crippen molar-refractivity contribution in [3.8, 4) is 0 Å². The summed E-state index contributed by atoms with van der Waals surface area (Å²) in [5, 5.41) is 0. The van der Waals surface area contributed by atoms with Crippen molar-refractivity contribution in [2.45, 2.75) is 52.1 Å². The second-order valence-electron chi connectivity index (χ2n) is 7.14. The van der Waals surface area contributed by atoms with Crippen LogP contribution in [0.3, 0.4) is 0 Å². The second-order valence-corrected chi connectivity index (χ2v) is 8.00. The number of amides is 1. The highest BCUT2D eigenvalue weighted by Crippen LogP contribution is 2.22. The number of carbonyl (C=O) groups excluding carboxylic acids is 1. The molecule has 5 heteroatoms. The third-order valence-corrected chi connectivity index (χ3v) is 4.60. The number of halogens is 2. The number of nitrogens with zero attached hydrogens (tertiary/aromatic N) is 1. The lowest BCUT2D eigenvalue weighted by molar-refractivity contribution is 0.0246. The van der Waals surface area contributed by atoms with Crippen LogP contribution in [0, 0.1) is 5.82 Å². The summed E-state index contributed by atoms with van der Waals surface area (Å²) in [6.07, 6.45) is 5.49. The number of rotatable bonds is 3. The molecule has 0 aromatic heterocycles. The number of hydrogen-bond donors (Lipinski definition) is 0. The fourth-order valence-electron chi connectivity index (χ4n) is 2.72. The minimum Gasteiger partial charge on any atom is -0.444 e. The molecule has 1 aliphatic rings. The van der Waals surface area contributed by atoms with E-state index in [9.17, 15) is 9.18 Å². The van der Waals surface area contributed by atoms with Crippen LogP contribution in [0.25, 0.3) is 0 Å². The quantitative estimate of drug-likeness (QED) is 0.632. The molecule has 0 spiro atoms. The first-order valence-corrected chi connectivity index (χ1v) is 9.14. The standard InChI is InChI=1S/C19H25BrFNO2/c1-19(2,3)24-18(23)22-11-5-7-14(13-22)6-4-8-15-12-16(21)9-10-17(15)20/h6,9-10,12H,4-5,7-8,11,13H2,1-3H3. The van der Waals surface area contributed by atoms with Crippen molar-refractivity contribution in [2.24, 2.45) is 0 Å². The fourth-order valence-corrected chi connectivity index (χ4v) is 3.16. The van der Waals surface area contributed by atoms with E-state index in [1.54, 1.807) is 17.0 Å². The lowest BCUT2D eigenvalue weighted by Gasteiger charge is -2.31. The molecule has 1 fully saturated rings. The maximum atomic E-state index is 13.3. The first-order chi connectivity index (χ1) is 11.2. The van der Waals surface area contributed by atoms with Crippen LogP contribution < -0.4 is 0 Å². The zero-order valence-corrected chi connectivity index (χ0v) is 16.2. The molecule has 0 unspecified atom stereocenters. The molecule has 0 saturated carbocycles. The summed E-state index contributed by atoms with van der Waals surface area (Å²) in [5.41, 5.74) is 1.74. The summed E-state index contributed by atoms with van der Waals surface area (Å²) in [6.45, 7) is 6.99. The Labute approximate surface area is 152 Å². The molecule has 0 radical (unpaired) electrons. The first-order valence-electron chi connectivity index (χ1n) is 8.34. The van der Waals surface area contributed by atoms with Gasteiger partial charge in [0.2, 0.25) is 0 Å². The summed E-state index contributed by atoms with van der Waals surface area (Å²) in [6, 6.07) is 4.75. The minimum atomic E-state index is -0.470. The van der Waals surface area contributed by atoms with Gasteiger partial charge in [0.05, 0.1) is 0 Å². The van der Waals surface area contributed by atoms with Crippen LogP contribution in [0.15, 0.2) is 34.3 Å². The maximum Gasteiger partial charge on any atom is 0.410 e. The summed E-state index contributed by atoms with van der Waals surface area (Å²) >= 11 is 3.46. The van der Waals surface area contributed by atoms with Crippen LogP contribution in [-0.2, 0) is 11.2 Å². The van der Waals surface area contributed by atoms with Gasteiger partial charge in [-0.15, -0.1) is 0 Å². The van der Waals surface area contributed by atoms with E-state index < -0.39 is 5.60 Å². The van der Waals surface area contributed by atoms with E-state index in [4.69, 9.17) is 4.74 Å². The number of ether oxygens (including phenoxy) is 1. The van der Waals surface area contributed by atoms with E-state index in [0.29, 0.717) is 6.54 Å². The summed E-state index contributed by atoms with van der Waals surface area (Å²) in [5.74, 6) is -0.213. The Kier molecular flexibility index (Phi) is 6.44. The minimum absolute atomic E-state index is 0.213. The number of piperidine rings is 1. The van der Waals surface area contributed by atoms with Crippen molar-refractivity contribution in [3.05, 3.63) is 45.7 Å². The van der Waals surface area contributed by atoms with Crippen LogP contribution in [0.1, 0.15) is 45.6 Å². The van der Waals surface area contributed by atoms with E-state index in [-0.39, 0.29) is 11.9 Å². The molecule has 0 aliphatic carbocycles. The Morgan fingerprint density at radius 1 is 1.42 bits per heavy atom. The molecule has 1 amide bonds. The highest BCUT2D eigenvalue weighted by molar-refractivity contribution is 9.10. The van der Waals surface area contributed by atoms with Gasteiger partial charge in [-0.3, -0.25) is 0 Å². The van der Waals surface area contributed by atoms with E-state index >= 15 is 0 Å². The van der Waals surface area contributed by atoms with Gasteiger partial charge in [-0.05, 0) is 70.2 Å². The third kappa shape index (κ3) is 5.93. The summed E-state index contributed by atoms with van der Waals surface area (Å²) in [4.78, 5) is 13.9. The predicted octanol–water partition coefficient (Wildman–Crippen LogP) is 5.48. The van der Waals surface area contributed by atoms with Crippen LogP contribution in [0.2, 0.25) is 0 Å². The van der Waals surface area contributed by atoms with Gasteiger partial charge in [-0.2, -0.15) is 0 Å². The number of likely N-dealkylation sites (tertiary alicyclic amines) is 1. The van der Waals surface area contributed by atoms with Gasteiger partial charge in [0.25, 0.3) is 0 Å². The van der Waals surface area contributed by atoms with Crippen LogP contribution in [0.5, 0.6) is 0 Å². The van der Waals surface area contributed by atoms with Crippen molar-refractivity contribution in [2.75, 3.05) is 13.1 Å². The fraction of sp³-hybridized carbons (Fsp3) is 0.526. The van der Waals surface area contributed by atoms with Crippen molar-refractivity contribution in [1.82, 2.24) is 4.90 Å². The molecule has 1 aromatic rings. The Bertz CT molecular complexity index is 622. The molecule has 2 rings (SSSR count). The van der Waals surface area contributed by atoms with Gasteiger partial charge in [0, 0.05) is 17.6 Å². The third-order valence-electron chi connectivity index (χ3n) is 3.83. The van der Waals surface area contributed by atoms with Gasteiger partial charge < -0.3 is 9.64 Å². The molecule has 1 heterocycles. The number of carbonyl (C=O) groups is 1. The van der Waals surface area contributed by atoms with Crippen molar-refractivity contribution in [1.29, 1.82) is 0 Å². The molecule has 1 aromatic carbocycles. The highest BCUT2D eigenvalue weighted by atomic mass is 79.9. The molecular weight excluding hydrogens is 373 g/mol. The average molecular weight is 398 g/mol. The molecule has 1 aliphatic heterocycles. The Morgan fingerprint density at radius 3 is 2.88 bits per heavy atom. The van der Waals surface area contributed by atoms with Gasteiger partial charge in [0.1, 0.15) is 11.4 Å². The molecule has 1 saturated heterocycles. The van der Waals surface area contributed by atoms with Crippen molar-refractivity contribution >= 4 is 22.0 Å². The molecular formula is C19H25BrFNO2. The molecule has 0 atom stereocenters. The van der Waals surface area contributed by atoms with Crippen LogP contribution in [0.4, 0.5) is 9.18 Å². The molecule has 0 N–H and O–H groups in total. The number of benzene rings is 1. The molecule has 132 valence electrons. The van der Waals surface area contributed by atoms with Crippen molar-refractivity contribution < 1.29 is 13.9 Å². The topological polar surface area (TPSA) is 29.5 Å². The van der Waals surface area contributed by atoms with Gasteiger partial charge in [-0.1, -0.05) is 27.6 Å². The SMILES string of the molecule is CC(C)(C)OC(=O)N1CCCC(=CCCc2cc(F)ccc2Br)C1. The Morgan fingerprint density at radius 2 is 2.17 bits per heavy atom. The van der Waals surface area contributed by atoms with Crippen LogP contribution >= 0.6 is 15.9 Å². The smallest absolute Gasteiger partial charge is 0.410 e. The number of hydrogen-bond acceptors (Lipinski definition) is 2. The van der Waals surface area contributed by atoms with Gasteiger partial charge in [0.15, 0.2) is 0 Å². The van der Waals surface area contributed by atoms with E-state index in [1.165, 1.54) is 11.6 Å².